The second-order valence-electron chi connectivity index (χ2n) is 8.06. The summed E-state index contributed by atoms with van der Waals surface area (Å²) in [4.78, 5) is 30.8. The average Bonchev–Trinajstić information content (AvgIpc) is 2.66. The predicted octanol–water partition coefficient (Wildman–Crippen LogP) is 3.97. The predicted molar refractivity (Wildman–Crippen MR) is 112 cm³/mol. The van der Waals surface area contributed by atoms with Crippen LogP contribution in [0.1, 0.15) is 57.3 Å². The van der Waals surface area contributed by atoms with Crippen LogP contribution in [0.25, 0.3) is 0 Å². The first-order valence-electron chi connectivity index (χ1n) is 9.89. The van der Waals surface area contributed by atoms with E-state index >= 15 is 0 Å². The van der Waals surface area contributed by atoms with Crippen LogP contribution >= 0.6 is 11.8 Å². The highest BCUT2D eigenvalue weighted by molar-refractivity contribution is 7.99. The molecule has 2 rings (SSSR count). The molecule has 28 heavy (non-hydrogen) atoms. The number of pyridine rings is 1. The largest absolute Gasteiger partial charge is 0.456 e. The Morgan fingerprint density at radius 1 is 1.43 bits per heavy atom. The van der Waals surface area contributed by atoms with E-state index in [0.717, 1.165) is 43.7 Å². The molecule has 1 unspecified atom stereocenters. The van der Waals surface area contributed by atoms with Crippen LogP contribution in [-0.2, 0) is 14.3 Å². The number of methoxy groups -OCH3 is 1. The van der Waals surface area contributed by atoms with Gasteiger partial charge in [-0.1, -0.05) is 6.92 Å². The molecule has 0 aromatic carbocycles. The van der Waals surface area contributed by atoms with Gasteiger partial charge in [0.15, 0.2) is 0 Å². The minimum Gasteiger partial charge on any atom is -0.456 e. The van der Waals surface area contributed by atoms with Gasteiger partial charge in [-0.05, 0) is 57.9 Å². The Morgan fingerprint density at radius 2 is 2.18 bits per heavy atom. The summed E-state index contributed by atoms with van der Waals surface area (Å²) in [6.07, 6.45) is 3.42. The van der Waals surface area contributed by atoms with Gasteiger partial charge in [-0.25, -0.2) is 9.78 Å². The van der Waals surface area contributed by atoms with Crippen molar-refractivity contribution in [3.63, 3.8) is 0 Å². The quantitative estimate of drug-likeness (QED) is 0.366. The van der Waals surface area contributed by atoms with Gasteiger partial charge in [0.05, 0.1) is 5.56 Å². The normalized spacial score (nSPS) is 18.6. The molecule has 1 aliphatic rings. The number of thioether (sulfide) groups is 1. The summed E-state index contributed by atoms with van der Waals surface area (Å²) >= 11 is 1.58. The number of carbonyl (C=O) groups is 2. The lowest BCUT2D eigenvalue weighted by Gasteiger charge is -2.35. The summed E-state index contributed by atoms with van der Waals surface area (Å²) < 4.78 is 10.9. The van der Waals surface area contributed by atoms with Crippen molar-refractivity contribution < 1.29 is 19.1 Å². The van der Waals surface area contributed by atoms with E-state index in [-0.39, 0.29) is 11.9 Å². The van der Waals surface area contributed by atoms with E-state index in [1.807, 2.05) is 32.9 Å². The topological polar surface area (TPSA) is 68.7 Å². The standard InChI is InChI=1S/C21H32N2O4S/c1-6-12-28-19-16(20(25)27-21(2,3)4)9-10-18(22-19)23-11-7-8-15(13-23)17(14-24)26-5/h9-10,14-15,17H,6-8,11-13H2,1-5H3/t15-,17?/m0/s1. The van der Waals surface area contributed by atoms with Gasteiger partial charge in [0.1, 0.15) is 28.8 Å². The molecule has 0 N–H and O–H groups in total. The van der Waals surface area contributed by atoms with Gasteiger partial charge in [-0.2, -0.15) is 0 Å². The summed E-state index contributed by atoms with van der Waals surface area (Å²) in [5, 5.41) is 0.703. The Balaban J connectivity index is 2.25. The third-order valence-electron chi connectivity index (χ3n) is 4.56. The number of hydrogen-bond donors (Lipinski definition) is 0. The smallest absolute Gasteiger partial charge is 0.341 e. The van der Waals surface area contributed by atoms with E-state index < -0.39 is 11.7 Å². The van der Waals surface area contributed by atoms with Crippen molar-refractivity contribution in [3.05, 3.63) is 17.7 Å². The molecule has 1 aromatic heterocycles. The molecule has 6 nitrogen and oxygen atoms in total. The van der Waals surface area contributed by atoms with E-state index in [2.05, 4.69) is 11.8 Å². The molecule has 0 saturated carbocycles. The van der Waals surface area contributed by atoms with Gasteiger partial charge < -0.3 is 19.2 Å². The van der Waals surface area contributed by atoms with Gasteiger partial charge in [0, 0.05) is 26.1 Å². The molecule has 7 heteroatoms. The van der Waals surface area contributed by atoms with Crippen LogP contribution in [0.15, 0.2) is 17.2 Å². The molecule has 0 spiro atoms. The summed E-state index contributed by atoms with van der Waals surface area (Å²) in [5.41, 5.74) is -0.0413. The maximum absolute atomic E-state index is 12.6. The summed E-state index contributed by atoms with van der Waals surface area (Å²) in [7, 11) is 1.57. The lowest BCUT2D eigenvalue weighted by atomic mass is 9.93. The van der Waals surface area contributed by atoms with E-state index in [1.54, 1.807) is 18.9 Å². The molecular formula is C21H32N2O4S. The minimum atomic E-state index is -0.549. The third-order valence-corrected chi connectivity index (χ3v) is 5.76. The number of hydrogen-bond acceptors (Lipinski definition) is 7. The Hall–Kier alpha value is -1.60. The second kappa shape index (κ2) is 10.3. The summed E-state index contributed by atoms with van der Waals surface area (Å²) in [6.45, 7) is 9.27. The van der Waals surface area contributed by atoms with Crippen LogP contribution in [-0.4, -0.2) is 54.9 Å². The molecule has 1 saturated heterocycles. The van der Waals surface area contributed by atoms with Crippen molar-refractivity contribution in [2.45, 2.75) is 63.7 Å². The number of aromatic nitrogens is 1. The maximum Gasteiger partial charge on any atom is 0.341 e. The maximum atomic E-state index is 12.6. The molecule has 0 aliphatic carbocycles. The van der Waals surface area contributed by atoms with Crippen LogP contribution in [0.5, 0.6) is 0 Å². The lowest BCUT2D eigenvalue weighted by Crippen LogP contribution is -2.42. The zero-order valence-electron chi connectivity index (χ0n) is 17.6. The molecule has 1 aliphatic heterocycles. The van der Waals surface area contributed by atoms with E-state index in [0.29, 0.717) is 17.1 Å². The number of anilines is 1. The number of carbonyl (C=O) groups excluding carboxylic acids is 2. The van der Waals surface area contributed by atoms with E-state index in [1.165, 1.54) is 0 Å². The minimum absolute atomic E-state index is 0.148. The Morgan fingerprint density at radius 3 is 2.79 bits per heavy atom. The number of nitrogens with zero attached hydrogens (tertiary/aromatic N) is 2. The highest BCUT2D eigenvalue weighted by atomic mass is 32.2. The molecule has 0 radical (unpaired) electrons. The van der Waals surface area contributed by atoms with Crippen molar-refractivity contribution in [2.75, 3.05) is 30.9 Å². The van der Waals surface area contributed by atoms with E-state index in [9.17, 15) is 9.59 Å². The van der Waals surface area contributed by atoms with Crippen molar-refractivity contribution in [1.29, 1.82) is 0 Å². The number of ether oxygens (including phenoxy) is 2. The zero-order valence-corrected chi connectivity index (χ0v) is 18.4. The fourth-order valence-electron chi connectivity index (χ4n) is 3.25. The van der Waals surface area contributed by atoms with Crippen molar-refractivity contribution in [3.8, 4) is 0 Å². The van der Waals surface area contributed by atoms with Crippen molar-refractivity contribution >= 4 is 29.8 Å². The van der Waals surface area contributed by atoms with Gasteiger partial charge in [-0.3, -0.25) is 0 Å². The fourth-order valence-corrected chi connectivity index (χ4v) is 4.11. The number of aldehydes is 1. The SMILES string of the molecule is CCCSc1nc(N2CCC[C@H](C(C=O)OC)C2)ccc1C(=O)OC(C)(C)C. The van der Waals surface area contributed by atoms with Gasteiger partial charge in [0.2, 0.25) is 0 Å². The van der Waals surface area contributed by atoms with Crippen molar-refractivity contribution in [1.82, 2.24) is 4.98 Å². The van der Waals surface area contributed by atoms with Crippen LogP contribution in [0, 0.1) is 5.92 Å². The third kappa shape index (κ3) is 6.21. The first kappa shape index (κ1) is 22.7. The highest BCUT2D eigenvalue weighted by Gasteiger charge is 2.29. The van der Waals surface area contributed by atoms with Gasteiger partial charge in [-0.15, -0.1) is 11.8 Å². The monoisotopic (exact) mass is 408 g/mol. The lowest BCUT2D eigenvalue weighted by molar-refractivity contribution is -0.119. The van der Waals surface area contributed by atoms with Gasteiger partial charge >= 0.3 is 5.97 Å². The highest BCUT2D eigenvalue weighted by Crippen LogP contribution is 2.29. The van der Waals surface area contributed by atoms with Gasteiger partial charge in [0.25, 0.3) is 0 Å². The molecule has 1 aromatic rings. The Bertz CT molecular complexity index is 675. The van der Waals surface area contributed by atoms with Crippen molar-refractivity contribution in [2.24, 2.45) is 5.92 Å². The van der Waals surface area contributed by atoms with Crippen LogP contribution in [0.3, 0.4) is 0 Å². The molecular weight excluding hydrogens is 376 g/mol. The number of piperidine rings is 1. The van der Waals surface area contributed by atoms with E-state index in [4.69, 9.17) is 14.5 Å². The molecule has 156 valence electrons. The fraction of sp³-hybridized carbons (Fsp3) is 0.667. The summed E-state index contributed by atoms with van der Waals surface area (Å²) in [6, 6.07) is 3.69. The molecule has 2 atom stereocenters. The van der Waals surface area contributed by atoms with Crippen LogP contribution < -0.4 is 4.90 Å². The summed E-state index contributed by atoms with van der Waals surface area (Å²) in [5.74, 6) is 1.51. The molecule has 1 fully saturated rings. The molecule has 2 heterocycles. The zero-order chi connectivity index (χ0) is 20.7. The first-order chi connectivity index (χ1) is 13.3. The number of rotatable bonds is 8. The molecule has 0 amide bonds. The van der Waals surface area contributed by atoms with Crippen LogP contribution in [0.4, 0.5) is 5.82 Å². The average molecular weight is 409 g/mol. The Kier molecular flexibility index (Phi) is 8.31. The second-order valence-corrected chi connectivity index (χ2v) is 9.14. The molecule has 0 bridgehead atoms. The number of esters is 1. The Labute approximate surface area is 172 Å². The van der Waals surface area contributed by atoms with Crippen LogP contribution in [0.2, 0.25) is 0 Å². The first-order valence-corrected chi connectivity index (χ1v) is 10.9.